The maximum Gasteiger partial charge on any atom is 0.242 e. The fourth-order valence-corrected chi connectivity index (χ4v) is 2.23. The van der Waals surface area contributed by atoms with Gasteiger partial charge in [-0.25, -0.2) is 0 Å². The van der Waals surface area contributed by atoms with Crippen LogP contribution in [0.2, 0.25) is 0 Å². The summed E-state index contributed by atoms with van der Waals surface area (Å²) in [5.74, 6) is 0. The molecular weight excluding hydrogens is 278 g/mol. The molecule has 0 unspecified atom stereocenters. The Hall–Kier alpha value is -1.45. The molecule has 0 aromatic rings. The van der Waals surface area contributed by atoms with E-state index < -0.39 is 0 Å². The molecule has 125 valence electrons. The zero-order chi connectivity index (χ0) is 16.5. The number of rotatable bonds is 15. The molecule has 0 amide bonds. The van der Waals surface area contributed by atoms with Crippen molar-refractivity contribution >= 4 is 6.29 Å². The Morgan fingerprint density at radius 2 is 1.77 bits per heavy atom. The minimum Gasteiger partial charge on any atom is -0.291 e. The van der Waals surface area contributed by atoms with E-state index in [9.17, 15) is 14.9 Å². The maximum absolute atomic E-state index is 10.9. The van der Waals surface area contributed by atoms with Crippen molar-refractivity contribution in [2.45, 2.75) is 84.0 Å². The molecule has 0 aromatic carbocycles. The maximum atomic E-state index is 10.9. The Labute approximate surface area is 134 Å². The van der Waals surface area contributed by atoms with Crippen LogP contribution in [0.25, 0.3) is 0 Å². The summed E-state index contributed by atoms with van der Waals surface area (Å²) in [6.45, 7) is 2.10. The second-order valence-electron chi connectivity index (χ2n) is 5.57. The molecule has 1 radical (unpaired) electrons. The van der Waals surface area contributed by atoms with Crippen LogP contribution in [0.4, 0.5) is 0 Å². The summed E-state index contributed by atoms with van der Waals surface area (Å²) in [7, 11) is 0. The smallest absolute Gasteiger partial charge is 0.242 e. The van der Waals surface area contributed by atoms with E-state index >= 15 is 0 Å². The van der Waals surface area contributed by atoms with Gasteiger partial charge in [-0.3, -0.25) is 14.9 Å². The van der Waals surface area contributed by atoms with Crippen LogP contribution in [-0.4, -0.2) is 11.2 Å². The minimum absolute atomic E-state index is 0.250. The lowest BCUT2D eigenvalue weighted by Crippen LogP contribution is -1.98. The van der Waals surface area contributed by atoms with Gasteiger partial charge in [-0.1, -0.05) is 51.2 Å². The van der Waals surface area contributed by atoms with Crippen LogP contribution in [0.3, 0.4) is 0 Å². The first-order chi connectivity index (χ1) is 10.7. The van der Waals surface area contributed by atoms with E-state index in [0.717, 1.165) is 44.9 Å². The zero-order valence-electron chi connectivity index (χ0n) is 13.9. The van der Waals surface area contributed by atoms with Gasteiger partial charge >= 0.3 is 0 Å². The van der Waals surface area contributed by atoms with E-state index in [-0.39, 0.29) is 4.92 Å². The second-order valence-corrected chi connectivity index (χ2v) is 5.57. The monoisotopic (exact) mass is 308 g/mol. The molecule has 0 rings (SSSR count). The lowest BCUT2D eigenvalue weighted by Gasteiger charge is -1.98. The number of nitrogens with zero attached hydrogens (tertiary/aromatic N) is 1. The molecule has 0 aliphatic rings. The number of unbranched alkanes of at least 4 members (excludes halogenated alkanes) is 8. The van der Waals surface area contributed by atoms with Gasteiger partial charge in [-0.15, -0.1) is 0 Å². The first kappa shape index (κ1) is 20.6. The molecular formula is C18H30NO3. The normalized spacial score (nSPS) is 12.0. The van der Waals surface area contributed by atoms with Crippen LogP contribution < -0.4 is 0 Å². The molecule has 0 bridgehead atoms. The van der Waals surface area contributed by atoms with Gasteiger partial charge in [0.05, 0.1) is 4.92 Å². The van der Waals surface area contributed by atoms with Crippen molar-refractivity contribution in [1.82, 2.24) is 0 Å². The molecule has 0 aromatic heterocycles. The van der Waals surface area contributed by atoms with E-state index in [1.807, 2.05) is 12.4 Å². The van der Waals surface area contributed by atoms with Crippen molar-refractivity contribution in [3.05, 3.63) is 34.0 Å². The highest BCUT2D eigenvalue weighted by atomic mass is 16.6. The summed E-state index contributed by atoms with van der Waals surface area (Å²) in [5.41, 5.74) is 0.352. The molecule has 0 aliphatic heterocycles. The van der Waals surface area contributed by atoms with Gasteiger partial charge in [0.25, 0.3) is 0 Å². The van der Waals surface area contributed by atoms with Gasteiger partial charge < -0.3 is 0 Å². The highest BCUT2D eigenvalue weighted by molar-refractivity contribution is 5.50. The summed E-state index contributed by atoms with van der Waals surface area (Å²) in [4.78, 5) is 20.7. The fourth-order valence-electron chi connectivity index (χ4n) is 2.23. The van der Waals surface area contributed by atoms with Gasteiger partial charge in [0.2, 0.25) is 5.70 Å². The molecule has 4 heteroatoms. The number of allylic oxidation sites excluding steroid dienone is 4. The van der Waals surface area contributed by atoms with Crippen LogP contribution in [0.15, 0.2) is 23.9 Å². The third kappa shape index (κ3) is 13.5. The van der Waals surface area contributed by atoms with Crippen LogP contribution in [-0.2, 0) is 4.79 Å². The Balaban J connectivity index is 3.69. The van der Waals surface area contributed by atoms with Gasteiger partial charge in [-0.2, -0.15) is 0 Å². The van der Waals surface area contributed by atoms with Gasteiger partial charge in [0, 0.05) is 12.8 Å². The number of nitro groups is 1. The van der Waals surface area contributed by atoms with Crippen molar-refractivity contribution in [2.75, 3.05) is 0 Å². The highest BCUT2D eigenvalue weighted by Crippen LogP contribution is 2.11. The van der Waals surface area contributed by atoms with Gasteiger partial charge in [-0.05, 0) is 38.2 Å². The number of hydrogen-bond donors (Lipinski definition) is 0. The summed E-state index contributed by atoms with van der Waals surface area (Å²) in [5, 5.41) is 10.9. The lowest BCUT2D eigenvalue weighted by atomic mass is 10.1. The van der Waals surface area contributed by atoms with Crippen molar-refractivity contribution in [3.8, 4) is 0 Å². The molecule has 0 aliphatic carbocycles. The SMILES string of the molecule is CCCCC/C(=C\C/C=C\CCCCCCC[C]=O)[N+](=O)[O-]. The van der Waals surface area contributed by atoms with Crippen LogP contribution in [0, 0.1) is 10.1 Å². The molecule has 22 heavy (non-hydrogen) atoms. The van der Waals surface area contributed by atoms with E-state index in [4.69, 9.17) is 0 Å². The van der Waals surface area contributed by atoms with E-state index in [2.05, 4.69) is 13.0 Å². The predicted molar refractivity (Wildman–Crippen MR) is 91.0 cm³/mol. The fraction of sp³-hybridized carbons (Fsp3) is 0.722. The summed E-state index contributed by atoms with van der Waals surface area (Å²) in [6, 6.07) is 0. The molecule has 0 atom stereocenters. The molecule has 0 saturated carbocycles. The zero-order valence-corrected chi connectivity index (χ0v) is 13.9. The Morgan fingerprint density at radius 3 is 2.45 bits per heavy atom. The quantitative estimate of drug-likeness (QED) is 0.173. The first-order valence-corrected chi connectivity index (χ1v) is 8.55. The summed E-state index contributed by atoms with van der Waals surface area (Å²) >= 11 is 0. The topological polar surface area (TPSA) is 60.2 Å². The molecule has 0 saturated heterocycles. The standard InChI is InChI=1S/C18H30NO3/c1-2-3-12-15-18(19(21)22)16-13-10-8-6-4-5-7-9-11-14-17-20/h8,10,16H,2-7,9,11-15H2,1H3/b10-8-,18-16+. The van der Waals surface area contributed by atoms with Crippen LogP contribution >= 0.6 is 0 Å². The van der Waals surface area contributed by atoms with Gasteiger partial charge in [0.1, 0.15) is 0 Å². The Bertz CT molecular complexity index is 348. The lowest BCUT2D eigenvalue weighted by molar-refractivity contribution is -0.428. The molecule has 0 fully saturated rings. The van der Waals surface area contributed by atoms with Crippen molar-refractivity contribution < 1.29 is 9.72 Å². The number of hydrogen-bond acceptors (Lipinski definition) is 3. The van der Waals surface area contributed by atoms with E-state index in [0.29, 0.717) is 25.0 Å². The predicted octanol–water partition coefficient (Wildman–Crippen LogP) is 5.51. The second kappa shape index (κ2) is 15.9. The summed E-state index contributed by atoms with van der Waals surface area (Å²) < 4.78 is 0. The van der Waals surface area contributed by atoms with Crippen LogP contribution in [0.5, 0.6) is 0 Å². The Morgan fingerprint density at radius 1 is 1.05 bits per heavy atom. The minimum atomic E-state index is -0.250. The van der Waals surface area contributed by atoms with E-state index in [1.54, 1.807) is 6.08 Å². The third-order valence-corrected chi connectivity index (χ3v) is 3.58. The van der Waals surface area contributed by atoms with Gasteiger partial charge in [0.15, 0.2) is 6.29 Å². The van der Waals surface area contributed by atoms with Crippen molar-refractivity contribution in [2.24, 2.45) is 0 Å². The van der Waals surface area contributed by atoms with Crippen molar-refractivity contribution in [3.63, 3.8) is 0 Å². The van der Waals surface area contributed by atoms with Crippen LogP contribution in [0.1, 0.15) is 84.0 Å². The average molecular weight is 308 g/mol. The highest BCUT2D eigenvalue weighted by Gasteiger charge is 2.08. The molecule has 0 N–H and O–H groups in total. The first-order valence-electron chi connectivity index (χ1n) is 8.55. The molecule has 0 heterocycles. The largest absolute Gasteiger partial charge is 0.291 e. The van der Waals surface area contributed by atoms with Crippen molar-refractivity contribution in [1.29, 1.82) is 0 Å². The number of carbonyl (C=O) groups excluding carboxylic acids is 1. The Kier molecular flexibility index (Phi) is 14.9. The summed E-state index contributed by atoms with van der Waals surface area (Å²) in [6.07, 6.45) is 19.2. The molecule has 4 nitrogen and oxygen atoms in total. The average Bonchev–Trinajstić information content (AvgIpc) is 2.50. The van der Waals surface area contributed by atoms with E-state index in [1.165, 1.54) is 12.8 Å². The molecule has 0 spiro atoms. The third-order valence-electron chi connectivity index (χ3n) is 3.58.